The first-order valence-electron chi connectivity index (χ1n) is 6.34. The second kappa shape index (κ2) is 7.37. The monoisotopic (exact) mass is 313 g/mol. The van der Waals surface area contributed by atoms with Crippen LogP contribution in [0.5, 0.6) is 5.75 Å². The van der Waals surface area contributed by atoms with Gasteiger partial charge >= 0.3 is 0 Å². The number of nitrogens with zero attached hydrogens (tertiary/aromatic N) is 3. The van der Waals surface area contributed by atoms with Crippen LogP contribution in [0.2, 0.25) is 5.02 Å². The number of ether oxygens (including phenoxy) is 1. The zero-order valence-corrected chi connectivity index (χ0v) is 11.9. The van der Waals surface area contributed by atoms with Crippen molar-refractivity contribution in [3.63, 3.8) is 0 Å². The summed E-state index contributed by atoms with van der Waals surface area (Å²) in [6.07, 6.45) is -0.961. The van der Waals surface area contributed by atoms with Gasteiger partial charge in [-0.25, -0.2) is 4.68 Å². The molecule has 1 heterocycles. The number of para-hydroxylation sites is 1. The van der Waals surface area contributed by atoms with Crippen molar-refractivity contribution < 1.29 is 20.1 Å². The number of hydrogen-bond acceptors (Lipinski definition) is 6. The van der Waals surface area contributed by atoms with E-state index in [-0.39, 0.29) is 26.4 Å². The van der Waals surface area contributed by atoms with E-state index >= 15 is 0 Å². The lowest BCUT2D eigenvalue weighted by Gasteiger charge is -2.12. The van der Waals surface area contributed by atoms with Gasteiger partial charge in [0.05, 0.1) is 30.9 Å². The van der Waals surface area contributed by atoms with E-state index in [1.165, 1.54) is 4.68 Å². The van der Waals surface area contributed by atoms with Crippen LogP contribution in [0.1, 0.15) is 11.4 Å². The zero-order chi connectivity index (χ0) is 15.2. The number of benzene rings is 1. The third-order valence-electron chi connectivity index (χ3n) is 2.86. The van der Waals surface area contributed by atoms with Gasteiger partial charge in [0.2, 0.25) is 0 Å². The SMILES string of the molecule is OCc1nnn(CC(O)CO)c1COc1ccccc1Cl. The first-order chi connectivity index (χ1) is 10.2. The van der Waals surface area contributed by atoms with Crippen molar-refractivity contribution in [2.75, 3.05) is 6.61 Å². The molecular formula is C13H16ClN3O4. The Balaban J connectivity index is 2.14. The Bertz CT molecular complexity index is 591. The molecule has 1 aromatic heterocycles. The van der Waals surface area contributed by atoms with Crippen molar-refractivity contribution in [3.8, 4) is 5.75 Å². The molecular weight excluding hydrogens is 298 g/mol. The number of rotatable bonds is 7. The summed E-state index contributed by atoms with van der Waals surface area (Å²) >= 11 is 6.00. The number of aromatic nitrogens is 3. The predicted molar refractivity (Wildman–Crippen MR) is 74.8 cm³/mol. The van der Waals surface area contributed by atoms with Gasteiger partial charge in [0.25, 0.3) is 0 Å². The van der Waals surface area contributed by atoms with Gasteiger partial charge in [0.15, 0.2) is 0 Å². The van der Waals surface area contributed by atoms with Gasteiger partial charge < -0.3 is 20.1 Å². The maximum atomic E-state index is 9.48. The molecule has 0 amide bonds. The summed E-state index contributed by atoms with van der Waals surface area (Å²) in [4.78, 5) is 0. The van der Waals surface area contributed by atoms with Gasteiger partial charge in [-0.1, -0.05) is 28.9 Å². The molecule has 0 fully saturated rings. The number of halogens is 1. The van der Waals surface area contributed by atoms with Gasteiger partial charge in [-0.15, -0.1) is 5.10 Å². The van der Waals surface area contributed by atoms with Crippen molar-refractivity contribution in [1.82, 2.24) is 15.0 Å². The molecule has 21 heavy (non-hydrogen) atoms. The second-order valence-corrected chi connectivity index (χ2v) is 4.79. The molecule has 0 bridgehead atoms. The van der Waals surface area contributed by atoms with Crippen molar-refractivity contribution >= 4 is 11.6 Å². The first-order valence-corrected chi connectivity index (χ1v) is 6.71. The molecule has 114 valence electrons. The highest BCUT2D eigenvalue weighted by Crippen LogP contribution is 2.24. The van der Waals surface area contributed by atoms with Crippen molar-refractivity contribution in [3.05, 3.63) is 40.7 Å². The van der Waals surface area contributed by atoms with Crippen molar-refractivity contribution in [1.29, 1.82) is 0 Å². The fourth-order valence-electron chi connectivity index (χ4n) is 1.76. The summed E-state index contributed by atoms with van der Waals surface area (Å²) < 4.78 is 6.98. The van der Waals surface area contributed by atoms with Crippen LogP contribution in [0.25, 0.3) is 0 Å². The fraction of sp³-hybridized carbons (Fsp3) is 0.385. The van der Waals surface area contributed by atoms with Gasteiger partial charge in [0.1, 0.15) is 23.7 Å². The van der Waals surface area contributed by atoms with E-state index in [1.54, 1.807) is 24.3 Å². The third-order valence-corrected chi connectivity index (χ3v) is 3.18. The molecule has 1 unspecified atom stereocenters. The molecule has 1 aromatic carbocycles. The molecule has 0 aliphatic carbocycles. The lowest BCUT2D eigenvalue weighted by molar-refractivity contribution is 0.0760. The van der Waals surface area contributed by atoms with Crippen LogP contribution in [0.3, 0.4) is 0 Å². The quantitative estimate of drug-likeness (QED) is 0.682. The predicted octanol–water partition coefficient (Wildman–Crippen LogP) is 0.356. The lowest BCUT2D eigenvalue weighted by atomic mass is 10.3. The summed E-state index contributed by atoms with van der Waals surface area (Å²) in [5, 5.41) is 35.8. The van der Waals surface area contributed by atoms with Crippen LogP contribution in [0.4, 0.5) is 0 Å². The molecule has 1 atom stereocenters. The topological polar surface area (TPSA) is 101 Å². The number of hydrogen-bond donors (Lipinski definition) is 3. The average Bonchev–Trinajstić information content (AvgIpc) is 2.88. The van der Waals surface area contributed by atoms with E-state index in [9.17, 15) is 10.2 Å². The van der Waals surface area contributed by atoms with E-state index < -0.39 is 6.10 Å². The Hall–Kier alpha value is -1.67. The minimum atomic E-state index is -0.961. The highest BCUT2D eigenvalue weighted by atomic mass is 35.5. The van der Waals surface area contributed by atoms with E-state index in [0.717, 1.165) is 0 Å². The zero-order valence-electron chi connectivity index (χ0n) is 11.2. The van der Waals surface area contributed by atoms with Gasteiger partial charge in [-0.05, 0) is 12.1 Å². The molecule has 8 heteroatoms. The molecule has 0 aliphatic rings. The molecule has 2 aromatic rings. The highest BCUT2D eigenvalue weighted by Gasteiger charge is 2.16. The van der Waals surface area contributed by atoms with Crippen LogP contribution in [-0.4, -0.2) is 43.0 Å². The minimum absolute atomic E-state index is 0.0602. The van der Waals surface area contributed by atoms with Crippen LogP contribution in [0.15, 0.2) is 24.3 Å². The Morgan fingerprint density at radius 2 is 2.05 bits per heavy atom. The average molecular weight is 314 g/mol. The summed E-state index contributed by atoms with van der Waals surface area (Å²) in [5.74, 6) is 0.499. The Morgan fingerprint density at radius 1 is 1.29 bits per heavy atom. The molecule has 0 saturated heterocycles. The Labute approximate surface area is 126 Å². The third kappa shape index (κ3) is 3.92. The summed E-state index contributed by atoms with van der Waals surface area (Å²) in [6, 6.07) is 7.00. The second-order valence-electron chi connectivity index (χ2n) is 4.38. The van der Waals surface area contributed by atoms with E-state index in [0.29, 0.717) is 22.2 Å². The van der Waals surface area contributed by atoms with Crippen LogP contribution in [0, 0.1) is 0 Å². The number of aliphatic hydroxyl groups is 3. The fourth-order valence-corrected chi connectivity index (χ4v) is 1.95. The van der Waals surface area contributed by atoms with E-state index in [2.05, 4.69) is 10.3 Å². The summed E-state index contributed by atoms with van der Waals surface area (Å²) in [6.45, 7) is -0.537. The van der Waals surface area contributed by atoms with E-state index in [1.807, 2.05) is 0 Å². The number of aliphatic hydroxyl groups excluding tert-OH is 3. The Kier molecular flexibility index (Phi) is 5.51. The summed E-state index contributed by atoms with van der Waals surface area (Å²) in [7, 11) is 0. The molecule has 0 saturated carbocycles. The molecule has 3 N–H and O–H groups in total. The van der Waals surface area contributed by atoms with Crippen LogP contribution in [-0.2, 0) is 19.8 Å². The maximum absolute atomic E-state index is 9.48. The van der Waals surface area contributed by atoms with Gasteiger partial charge in [-0.3, -0.25) is 0 Å². The molecule has 7 nitrogen and oxygen atoms in total. The first kappa shape index (κ1) is 15.7. The molecule has 0 aliphatic heterocycles. The lowest BCUT2D eigenvalue weighted by Crippen LogP contribution is -2.22. The summed E-state index contributed by atoms with van der Waals surface area (Å²) in [5.41, 5.74) is 0.872. The van der Waals surface area contributed by atoms with Crippen molar-refractivity contribution in [2.24, 2.45) is 0 Å². The molecule has 2 rings (SSSR count). The van der Waals surface area contributed by atoms with Gasteiger partial charge in [-0.2, -0.15) is 0 Å². The van der Waals surface area contributed by atoms with Gasteiger partial charge in [0, 0.05) is 0 Å². The molecule has 0 spiro atoms. The van der Waals surface area contributed by atoms with E-state index in [4.69, 9.17) is 21.4 Å². The maximum Gasteiger partial charge on any atom is 0.138 e. The van der Waals surface area contributed by atoms with Crippen molar-refractivity contribution in [2.45, 2.75) is 25.9 Å². The smallest absolute Gasteiger partial charge is 0.138 e. The standard InChI is InChI=1S/C13H16ClN3O4/c14-10-3-1-2-4-13(10)21-8-12-11(7-19)15-16-17(12)5-9(20)6-18/h1-4,9,18-20H,5-8H2. The normalized spacial score (nSPS) is 12.4. The highest BCUT2D eigenvalue weighted by molar-refractivity contribution is 6.32. The van der Waals surface area contributed by atoms with Crippen LogP contribution < -0.4 is 4.74 Å². The molecule has 0 radical (unpaired) electrons. The Morgan fingerprint density at radius 3 is 2.71 bits per heavy atom. The largest absolute Gasteiger partial charge is 0.486 e. The van der Waals surface area contributed by atoms with Crippen LogP contribution >= 0.6 is 11.6 Å². The minimum Gasteiger partial charge on any atom is -0.486 e.